The molecule has 0 spiro atoms. The van der Waals surface area contributed by atoms with Gasteiger partial charge in [-0.1, -0.05) is 35.0 Å². The number of halogens is 2. The lowest BCUT2D eigenvalue weighted by Gasteiger charge is -2.20. The van der Waals surface area contributed by atoms with Gasteiger partial charge in [0.15, 0.2) is 0 Å². The maximum Gasteiger partial charge on any atom is 0.123 e. The van der Waals surface area contributed by atoms with Gasteiger partial charge in [-0.3, -0.25) is 0 Å². The Balaban J connectivity index is 2.13. The third-order valence-corrected chi connectivity index (χ3v) is 4.86. The summed E-state index contributed by atoms with van der Waals surface area (Å²) in [5.74, 6) is 0.695. The molecule has 0 bridgehead atoms. The van der Waals surface area contributed by atoms with E-state index in [1.807, 2.05) is 25.1 Å². The van der Waals surface area contributed by atoms with Crippen molar-refractivity contribution >= 4 is 27.7 Å². The first kappa shape index (κ1) is 16.5. The summed E-state index contributed by atoms with van der Waals surface area (Å²) < 4.78 is 14.6. The highest BCUT2D eigenvalue weighted by Crippen LogP contribution is 2.28. The molecule has 112 valence electrons. The van der Waals surface area contributed by atoms with Gasteiger partial charge in [0.2, 0.25) is 0 Å². The number of rotatable bonds is 6. The summed E-state index contributed by atoms with van der Waals surface area (Å²) in [5.41, 5.74) is 2.16. The molecule has 1 unspecified atom stereocenters. The number of aryl methyl sites for hydroxylation is 1. The van der Waals surface area contributed by atoms with Crippen molar-refractivity contribution in [1.29, 1.82) is 0 Å². The number of benzene rings is 2. The Labute approximate surface area is 138 Å². The molecule has 2 aromatic carbocycles. The van der Waals surface area contributed by atoms with Gasteiger partial charge in [0.1, 0.15) is 5.82 Å². The quantitative estimate of drug-likeness (QED) is 0.691. The molecule has 0 heterocycles. The summed E-state index contributed by atoms with van der Waals surface area (Å²) in [5, 5.41) is 3.45. The molecule has 0 saturated heterocycles. The number of thioether (sulfide) groups is 1. The fraction of sp³-hybridized carbons (Fsp3) is 0.294. The van der Waals surface area contributed by atoms with Crippen LogP contribution in [0.2, 0.25) is 0 Å². The number of hydrogen-bond acceptors (Lipinski definition) is 2. The number of nitrogens with one attached hydrogen (secondary N) is 1. The lowest BCUT2D eigenvalue weighted by atomic mass is 10.0. The first-order chi connectivity index (χ1) is 10.1. The monoisotopic (exact) mass is 367 g/mol. The van der Waals surface area contributed by atoms with E-state index in [1.54, 1.807) is 17.8 Å². The Morgan fingerprint density at radius 1 is 1.24 bits per heavy atom. The van der Waals surface area contributed by atoms with Gasteiger partial charge in [-0.05, 0) is 54.9 Å². The summed E-state index contributed by atoms with van der Waals surface area (Å²) in [6, 6.07) is 13.4. The van der Waals surface area contributed by atoms with Crippen LogP contribution in [-0.2, 0) is 0 Å². The Kier molecular flexibility index (Phi) is 6.27. The van der Waals surface area contributed by atoms with E-state index in [4.69, 9.17) is 0 Å². The standard InChI is InChI=1S/C17H19BrFNS/c1-3-20-17(16-10-14(19)8-7-12(16)2)11-21-15-6-4-5-13(18)9-15/h4-10,17,20H,3,11H2,1-2H3. The van der Waals surface area contributed by atoms with E-state index < -0.39 is 0 Å². The van der Waals surface area contributed by atoms with Crippen molar-refractivity contribution in [3.63, 3.8) is 0 Å². The summed E-state index contributed by atoms with van der Waals surface area (Å²) in [6.07, 6.45) is 0. The molecule has 0 aliphatic carbocycles. The summed E-state index contributed by atoms with van der Waals surface area (Å²) in [7, 11) is 0. The zero-order chi connectivity index (χ0) is 15.2. The van der Waals surface area contributed by atoms with Crippen molar-refractivity contribution in [3.8, 4) is 0 Å². The van der Waals surface area contributed by atoms with Crippen LogP contribution < -0.4 is 5.32 Å². The minimum absolute atomic E-state index is 0.148. The third-order valence-electron chi connectivity index (χ3n) is 3.28. The molecule has 0 fully saturated rings. The molecule has 0 aromatic heterocycles. The molecule has 1 nitrogen and oxygen atoms in total. The Morgan fingerprint density at radius 2 is 2.05 bits per heavy atom. The van der Waals surface area contributed by atoms with Gasteiger partial charge < -0.3 is 5.32 Å². The summed E-state index contributed by atoms with van der Waals surface area (Å²) in [6.45, 7) is 4.97. The molecular formula is C17H19BrFNS. The molecule has 2 rings (SSSR count). The highest BCUT2D eigenvalue weighted by atomic mass is 79.9. The van der Waals surface area contributed by atoms with Crippen LogP contribution in [0, 0.1) is 12.7 Å². The largest absolute Gasteiger partial charge is 0.309 e. The average Bonchev–Trinajstić information content (AvgIpc) is 2.46. The zero-order valence-corrected chi connectivity index (χ0v) is 14.6. The minimum atomic E-state index is -0.175. The van der Waals surface area contributed by atoms with E-state index in [2.05, 4.69) is 40.3 Å². The topological polar surface area (TPSA) is 12.0 Å². The molecule has 0 radical (unpaired) electrons. The molecule has 4 heteroatoms. The van der Waals surface area contributed by atoms with Gasteiger partial charge in [-0.15, -0.1) is 11.8 Å². The van der Waals surface area contributed by atoms with Crippen LogP contribution in [-0.4, -0.2) is 12.3 Å². The van der Waals surface area contributed by atoms with Crippen molar-refractivity contribution in [2.24, 2.45) is 0 Å². The average molecular weight is 368 g/mol. The van der Waals surface area contributed by atoms with Gasteiger partial charge in [-0.25, -0.2) is 4.39 Å². The molecule has 1 N–H and O–H groups in total. The predicted octanol–water partition coefficient (Wildman–Crippen LogP) is 5.34. The molecule has 1 atom stereocenters. The molecular weight excluding hydrogens is 349 g/mol. The normalized spacial score (nSPS) is 12.4. The van der Waals surface area contributed by atoms with Gasteiger partial charge >= 0.3 is 0 Å². The van der Waals surface area contributed by atoms with E-state index in [0.717, 1.165) is 27.9 Å². The maximum atomic E-state index is 13.5. The predicted molar refractivity (Wildman–Crippen MR) is 92.4 cm³/mol. The lowest BCUT2D eigenvalue weighted by Crippen LogP contribution is -2.23. The minimum Gasteiger partial charge on any atom is -0.309 e. The third kappa shape index (κ3) is 4.83. The fourth-order valence-electron chi connectivity index (χ4n) is 2.23. The van der Waals surface area contributed by atoms with Crippen LogP contribution >= 0.6 is 27.7 Å². The highest BCUT2D eigenvalue weighted by Gasteiger charge is 2.14. The van der Waals surface area contributed by atoms with Crippen molar-refractivity contribution in [1.82, 2.24) is 5.32 Å². The second-order valence-corrected chi connectivity index (χ2v) is 6.89. The molecule has 0 aliphatic rings. The second-order valence-electron chi connectivity index (χ2n) is 4.88. The molecule has 0 aliphatic heterocycles. The van der Waals surface area contributed by atoms with E-state index in [-0.39, 0.29) is 11.9 Å². The van der Waals surface area contributed by atoms with Crippen LogP contribution in [0.1, 0.15) is 24.1 Å². The van der Waals surface area contributed by atoms with Crippen molar-refractivity contribution in [3.05, 3.63) is 63.9 Å². The van der Waals surface area contributed by atoms with Crippen LogP contribution in [0.25, 0.3) is 0 Å². The second kappa shape index (κ2) is 7.97. The van der Waals surface area contributed by atoms with E-state index in [9.17, 15) is 4.39 Å². The molecule has 2 aromatic rings. The van der Waals surface area contributed by atoms with E-state index >= 15 is 0 Å². The highest BCUT2D eigenvalue weighted by molar-refractivity contribution is 9.10. The number of hydrogen-bond donors (Lipinski definition) is 1. The van der Waals surface area contributed by atoms with Crippen molar-refractivity contribution in [2.45, 2.75) is 24.8 Å². The zero-order valence-electron chi connectivity index (χ0n) is 12.2. The molecule has 21 heavy (non-hydrogen) atoms. The summed E-state index contributed by atoms with van der Waals surface area (Å²) >= 11 is 5.26. The van der Waals surface area contributed by atoms with Gasteiger partial charge in [0.25, 0.3) is 0 Å². The smallest absolute Gasteiger partial charge is 0.123 e. The van der Waals surface area contributed by atoms with Crippen LogP contribution in [0.4, 0.5) is 4.39 Å². The molecule has 0 saturated carbocycles. The van der Waals surface area contributed by atoms with Crippen LogP contribution in [0.3, 0.4) is 0 Å². The van der Waals surface area contributed by atoms with Gasteiger partial charge in [0, 0.05) is 21.2 Å². The summed E-state index contributed by atoms with van der Waals surface area (Å²) in [4.78, 5) is 1.21. The SMILES string of the molecule is CCNC(CSc1cccc(Br)c1)c1cc(F)ccc1C. The first-order valence-electron chi connectivity index (χ1n) is 6.98. The van der Waals surface area contributed by atoms with Gasteiger partial charge in [0.05, 0.1) is 0 Å². The van der Waals surface area contributed by atoms with Crippen molar-refractivity contribution < 1.29 is 4.39 Å². The first-order valence-corrected chi connectivity index (χ1v) is 8.76. The van der Waals surface area contributed by atoms with Gasteiger partial charge in [-0.2, -0.15) is 0 Å². The molecule has 0 amide bonds. The maximum absolute atomic E-state index is 13.5. The Bertz CT molecular complexity index is 603. The fourth-order valence-corrected chi connectivity index (χ4v) is 3.82. The van der Waals surface area contributed by atoms with E-state index in [1.165, 1.54) is 11.0 Å². The Morgan fingerprint density at radius 3 is 2.76 bits per heavy atom. The lowest BCUT2D eigenvalue weighted by molar-refractivity contribution is 0.586. The van der Waals surface area contributed by atoms with Crippen molar-refractivity contribution in [2.75, 3.05) is 12.3 Å². The van der Waals surface area contributed by atoms with Crippen LogP contribution in [0.5, 0.6) is 0 Å². The Hall–Kier alpha value is -0.840. The van der Waals surface area contributed by atoms with Crippen LogP contribution in [0.15, 0.2) is 51.8 Å². The van der Waals surface area contributed by atoms with E-state index in [0.29, 0.717) is 0 Å².